The molecule has 76 valence electrons. The maximum absolute atomic E-state index is 6.14. The molecule has 1 aromatic rings. The Balaban J connectivity index is 2.20. The fourth-order valence-corrected chi connectivity index (χ4v) is 2.37. The van der Waals surface area contributed by atoms with Crippen LogP contribution in [0.5, 0.6) is 0 Å². The predicted octanol–water partition coefficient (Wildman–Crippen LogP) is 2.37. The van der Waals surface area contributed by atoms with Crippen molar-refractivity contribution in [1.82, 2.24) is 4.98 Å². The van der Waals surface area contributed by atoms with Crippen molar-refractivity contribution in [3.63, 3.8) is 0 Å². The molecule has 2 unspecified atom stereocenters. The van der Waals surface area contributed by atoms with Gasteiger partial charge in [-0.2, -0.15) is 0 Å². The van der Waals surface area contributed by atoms with Crippen LogP contribution in [0.2, 0.25) is 0 Å². The zero-order chi connectivity index (χ0) is 9.97. The number of hydrogen-bond acceptors (Lipinski definition) is 2. The van der Waals surface area contributed by atoms with Crippen LogP contribution in [0.15, 0.2) is 18.3 Å². The summed E-state index contributed by atoms with van der Waals surface area (Å²) in [6, 6.07) is 4.64. The Labute approximate surface area is 85.5 Å². The summed E-state index contributed by atoms with van der Waals surface area (Å²) in [6.07, 6.45) is 6.92. The molecule has 1 saturated carbocycles. The lowest BCUT2D eigenvalue weighted by atomic mass is 9.80. The van der Waals surface area contributed by atoms with Gasteiger partial charge in [-0.05, 0) is 43.4 Å². The molecule has 0 spiro atoms. The predicted molar refractivity (Wildman–Crippen MR) is 58.2 cm³/mol. The van der Waals surface area contributed by atoms with Gasteiger partial charge in [-0.3, -0.25) is 4.98 Å². The average molecular weight is 190 g/mol. The van der Waals surface area contributed by atoms with Crippen LogP contribution < -0.4 is 5.73 Å². The first-order valence-electron chi connectivity index (χ1n) is 5.45. The number of hydrogen-bond donors (Lipinski definition) is 1. The third-order valence-corrected chi connectivity index (χ3v) is 3.17. The minimum absolute atomic E-state index is 0.352. The molecule has 2 N–H and O–H groups in total. The Hall–Kier alpha value is -0.890. The lowest BCUT2D eigenvalue weighted by molar-refractivity contribution is 0.385. The first kappa shape index (κ1) is 9.66. The largest absolute Gasteiger partial charge is 0.327 e. The van der Waals surface area contributed by atoms with Gasteiger partial charge in [0, 0.05) is 17.9 Å². The zero-order valence-electron chi connectivity index (χ0n) is 8.74. The van der Waals surface area contributed by atoms with E-state index in [2.05, 4.69) is 17.1 Å². The van der Waals surface area contributed by atoms with E-state index >= 15 is 0 Å². The monoisotopic (exact) mass is 190 g/mol. The molecule has 1 heterocycles. The molecule has 0 amide bonds. The van der Waals surface area contributed by atoms with Crippen molar-refractivity contribution in [2.24, 2.45) is 5.73 Å². The van der Waals surface area contributed by atoms with Crippen molar-refractivity contribution in [3.8, 4) is 0 Å². The Morgan fingerprint density at radius 3 is 2.86 bits per heavy atom. The van der Waals surface area contributed by atoms with E-state index in [1.165, 1.54) is 31.2 Å². The Bertz CT molecular complexity index is 309. The minimum Gasteiger partial charge on any atom is -0.327 e. The number of aryl methyl sites for hydroxylation is 1. The van der Waals surface area contributed by atoms with Gasteiger partial charge >= 0.3 is 0 Å². The first-order chi connectivity index (χ1) is 6.77. The van der Waals surface area contributed by atoms with E-state index in [4.69, 9.17) is 5.73 Å². The molecular formula is C12H18N2. The molecule has 2 atom stereocenters. The van der Waals surface area contributed by atoms with Gasteiger partial charge in [-0.15, -0.1) is 0 Å². The molecule has 2 rings (SSSR count). The summed E-state index contributed by atoms with van der Waals surface area (Å²) < 4.78 is 0. The molecule has 0 saturated heterocycles. The molecule has 0 bridgehead atoms. The third-order valence-electron chi connectivity index (χ3n) is 3.17. The molecule has 1 aromatic heterocycles. The number of rotatable bonds is 1. The topological polar surface area (TPSA) is 38.9 Å². The molecule has 0 radical (unpaired) electrons. The second-order valence-electron chi connectivity index (χ2n) is 4.29. The molecule has 0 aromatic carbocycles. The van der Waals surface area contributed by atoms with E-state index in [-0.39, 0.29) is 0 Å². The highest BCUT2D eigenvalue weighted by Crippen LogP contribution is 2.31. The molecule has 1 aliphatic carbocycles. The minimum atomic E-state index is 0.352. The lowest BCUT2D eigenvalue weighted by Crippen LogP contribution is -2.31. The molecule has 0 aliphatic heterocycles. The maximum Gasteiger partial charge on any atom is 0.0375 e. The van der Waals surface area contributed by atoms with Gasteiger partial charge in [0.25, 0.3) is 0 Å². The second-order valence-corrected chi connectivity index (χ2v) is 4.29. The van der Waals surface area contributed by atoms with Crippen molar-refractivity contribution >= 4 is 0 Å². The molecule has 2 heteroatoms. The summed E-state index contributed by atoms with van der Waals surface area (Å²) in [5.41, 5.74) is 8.62. The SMILES string of the molecule is Cc1cc(C2CCCCC2N)ccn1. The Morgan fingerprint density at radius 1 is 1.36 bits per heavy atom. The molecule has 1 aliphatic rings. The highest BCUT2D eigenvalue weighted by Gasteiger charge is 2.23. The van der Waals surface area contributed by atoms with E-state index in [9.17, 15) is 0 Å². The second kappa shape index (κ2) is 4.09. The maximum atomic E-state index is 6.14. The summed E-state index contributed by atoms with van der Waals surface area (Å²) in [6.45, 7) is 2.04. The summed E-state index contributed by atoms with van der Waals surface area (Å²) in [4.78, 5) is 4.22. The van der Waals surface area contributed by atoms with Crippen LogP contribution in [0.3, 0.4) is 0 Å². The van der Waals surface area contributed by atoms with Gasteiger partial charge in [-0.25, -0.2) is 0 Å². The standard InChI is InChI=1S/C12H18N2/c1-9-8-10(6-7-14-9)11-4-2-3-5-12(11)13/h6-8,11-12H,2-5,13H2,1H3. The van der Waals surface area contributed by atoms with Crippen molar-refractivity contribution in [2.75, 3.05) is 0 Å². The van der Waals surface area contributed by atoms with Crippen LogP contribution >= 0.6 is 0 Å². The summed E-state index contributed by atoms with van der Waals surface area (Å²) >= 11 is 0. The number of nitrogens with zero attached hydrogens (tertiary/aromatic N) is 1. The number of nitrogens with two attached hydrogens (primary N) is 1. The molecule has 14 heavy (non-hydrogen) atoms. The van der Waals surface area contributed by atoms with Crippen molar-refractivity contribution in [3.05, 3.63) is 29.6 Å². The van der Waals surface area contributed by atoms with Gasteiger partial charge in [-0.1, -0.05) is 12.8 Å². The first-order valence-corrected chi connectivity index (χ1v) is 5.45. The van der Waals surface area contributed by atoms with Crippen LogP contribution in [-0.2, 0) is 0 Å². The van der Waals surface area contributed by atoms with Crippen LogP contribution in [0.25, 0.3) is 0 Å². The van der Waals surface area contributed by atoms with Gasteiger partial charge in [0.05, 0.1) is 0 Å². The summed E-state index contributed by atoms with van der Waals surface area (Å²) in [7, 11) is 0. The fourth-order valence-electron chi connectivity index (χ4n) is 2.37. The van der Waals surface area contributed by atoms with E-state index in [0.717, 1.165) is 5.69 Å². The van der Waals surface area contributed by atoms with Crippen LogP contribution in [0, 0.1) is 6.92 Å². The number of pyridine rings is 1. The Kier molecular flexibility index (Phi) is 2.82. The quantitative estimate of drug-likeness (QED) is 0.738. The summed E-state index contributed by atoms with van der Waals surface area (Å²) in [5, 5.41) is 0. The van der Waals surface area contributed by atoms with Gasteiger partial charge in [0.2, 0.25) is 0 Å². The van der Waals surface area contributed by atoms with E-state index in [1.54, 1.807) is 0 Å². The van der Waals surface area contributed by atoms with Crippen molar-refractivity contribution < 1.29 is 0 Å². The smallest absolute Gasteiger partial charge is 0.0375 e. The van der Waals surface area contributed by atoms with Crippen LogP contribution in [-0.4, -0.2) is 11.0 Å². The van der Waals surface area contributed by atoms with E-state index < -0.39 is 0 Å². The van der Waals surface area contributed by atoms with Crippen molar-refractivity contribution in [2.45, 2.75) is 44.6 Å². The van der Waals surface area contributed by atoms with Gasteiger partial charge in [0.1, 0.15) is 0 Å². The molecule has 2 nitrogen and oxygen atoms in total. The lowest BCUT2D eigenvalue weighted by Gasteiger charge is -2.28. The number of aromatic nitrogens is 1. The Morgan fingerprint density at radius 2 is 2.14 bits per heavy atom. The zero-order valence-corrected chi connectivity index (χ0v) is 8.74. The summed E-state index contributed by atoms with van der Waals surface area (Å²) in [5.74, 6) is 0.561. The molecule has 1 fully saturated rings. The van der Waals surface area contributed by atoms with Gasteiger partial charge < -0.3 is 5.73 Å². The van der Waals surface area contributed by atoms with Crippen LogP contribution in [0.1, 0.15) is 42.9 Å². The van der Waals surface area contributed by atoms with Crippen molar-refractivity contribution in [1.29, 1.82) is 0 Å². The van der Waals surface area contributed by atoms with Crippen LogP contribution in [0.4, 0.5) is 0 Å². The normalized spacial score (nSPS) is 27.6. The van der Waals surface area contributed by atoms with E-state index in [0.29, 0.717) is 12.0 Å². The highest BCUT2D eigenvalue weighted by molar-refractivity contribution is 5.22. The third kappa shape index (κ3) is 1.95. The average Bonchev–Trinajstić information content (AvgIpc) is 2.18. The molecular weight excluding hydrogens is 172 g/mol. The van der Waals surface area contributed by atoms with Gasteiger partial charge in [0.15, 0.2) is 0 Å². The fraction of sp³-hybridized carbons (Fsp3) is 0.583. The highest BCUT2D eigenvalue weighted by atomic mass is 14.7. The van der Waals surface area contributed by atoms with E-state index in [1.807, 2.05) is 13.1 Å².